The molecule has 0 saturated heterocycles. The smallest absolute Gasteiger partial charge is 0.216 e. The van der Waals surface area contributed by atoms with Gasteiger partial charge in [0.05, 0.1) is 0 Å². The molecule has 5 heteroatoms. The minimum Gasteiger partial charge on any atom is -0.388 e. The van der Waals surface area contributed by atoms with Crippen molar-refractivity contribution in [3.05, 3.63) is 35.1 Å². The number of rotatable bonds is 4. The van der Waals surface area contributed by atoms with E-state index in [1.54, 1.807) is 13.0 Å². The van der Waals surface area contributed by atoms with E-state index in [9.17, 15) is 19.4 Å². The monoisotopic (exact) mass is 241 g/mol. The van der Waals surface area contributed by atoms with Gasteiger partial charge in [-0.3, -0.25) is 4.79 Å². The van der Waals surface area contributed by atoms with Crippen molar-refractivity contribution in [2.45, 2.75) is 26.1 Å². The summed E-state index contributed by atoms with van der Waals surface area (Å²) in [7, 11) is 0. The highest BCUT2D eigenvalue weighted by Crippen LogP contribution is 2.21. The quantitative estimate of drug-likeness (QED) is 0.725. The van der Waals surface area contributed by atoms with Crippen molar-refractivity contribution < 1.29 is 19.4 Å². The number of halogens is 1. The Morgan fingerprint density at radius 2 is 2.12 bits per heavy atom. The standard InChI is InChI=1S/C12H16FNO3/c1-7-3-4-10(13)9(5-7)12(17)11(16)6-14-8(2)15/h3-5,11-12,16-17H,6H2,1-2H3,(H,14,15). The molecule has 3 N–H and O–H groups in total. The van der Waals surface area contributed by atoms with Gasteiger partial charge in [0.15, 0.2) is 0 Å². The Labute approximate surface area is 99.1 Å². The van der Waals surface area contributed by atoms with Gasteiger partial charge in [-0.05, 0) is 13.0 Å². The van der Waals surface area contributed by atoms with Crippen LogP contribution in [0.5, 0.6) is 0 Å². The van der Waals surface area contributed by atoms with E-state index in [-0.39, 0.29) is 18.0 Å². The molecule has 0 bridgehead atoms. The summed E-state index contributed by atoms with van der Waals surface area (Å²) in [5, 5.41) is 21.7. The molecule has 0 saturated carbocycles. The molecule has 0 spiro atoms. The van der Waals surface area contributed by atoms with E-state index in [4.69, 9.17) is 0 Å². The van der Waals surface area contributed by atoms with Gasteiger partial charge in [0.1, 0.15) is 18.0 Å². The maximum Gasteiger partial charge on any atom is 0.216 e. The SMILES string of the molecule is CC(=O)NCC(O)C(O)c1cc(C)ccc1F. The lowest BCUT2D eigenvalue weighted by atomic mass is 10.0. The van der Waals surface area contributed by atoms with Crippen LogP contribution < -0.4 is 5.32 Å². The zero-order valence-corrected chi connectivity index (χ0v) is 9.77. The van der Waals surface area contributed by atoms with Crippen LogP contribution in [-0.4, -0.2) is 28.8 Å². The largest absolute Gasteiger partial charge is 0.388 e. The molecule has 1 aromatic rings. The molecule has 17 heavy (non-hydrogen) atoms. The number of hydrogen-bond donors (Lipinski definition) is 3. The number of carbonyl (C=O) groups excluding carboxylic acids is 1. The molecular weight excluding hydrogens is 225 g/mol. The van der Waals surface area contributed by atoms with Crippen LogP contribution in [0.3, 0.4) is 0 Å². The third-order valence-electron chi connectivity index (χ3n) is 2.39. The maximum atomic E-state index is 13.4. The topological polar surface area (TPSA) is 69.6 Å². The number of benzene rings is 1. The fraction of sp³-hybridized carbons (Fsp3) is 0.417. The van der Waals surface area contributed by atoms with Gasteiger partial charge < -0.3 is 15.5 Å². The second-order valence-corrected chi connectivity index (χ2v) is 3.97. The first-order chi connectivity index (χ1) is 7.91. The number of hydrogen-bond acceptors (Lipinski definition) is 3. The summed E-state index contributed by atoms with van der Waals surface area (Å²) in [5.74, 6) is -0.897. The molecule has 2 unspecified atom stereocenters. The number of carbonyl (C=O) groups is 1. The molecule has 0 aliphatic rings. The lowest BCUT2D eigenvalue weighted by Crippen LogP contribution is -2.34. The summed E-state index contributed by atoms with van der Waals surface area (Å²) in [6, 6.07) is 4.28. The molecule has 0 heterocycles. The summed E-state index contributed by atoms with van der Waals surface area (Å²) in [6.45, 7) is 2.94. The molecule has 0 fully saturated rings. The fourth-order valence-electron chi connectivity index (χ4n) is 1.46. The Kier molecular flexibility index (Phi) is 4.60. The summed E-state index contributed by atoms with van der Waals surface area (Å²) in [6.07, 6.45) is -2.60. The normalized spacial score (nSPS) is 14.2. The van der Waals surface area contributed by atoms with Crippen LogP contribution in [0.1, 0.15) is 24.2 Å². The average molecular weight is 241 g/mol. The fourth-order valence-corrected chi connectivity index (χ4v) is 1.46. The van der Waals surface area contributed by atoms with Gasteiger partial charge in [-0.15, -0.1) is 0 Å². The number of aliphatic hydroxyl groups is 2. The van der Waals surface area contributed by atoms with Crippen molar-refractivity contribution in [2.75, 3.05) is 6.54 Å². The lowest BCUT2D eigenvalue weighted by Gasteiger charge is -2.19. The van der Waals surface area contributed by atoms with Crippen molar-refractivity contribution in [2.24, 2.45) is 0 Å². The molecule has 1 amide bonds. The average Bonchev–Trinajstić information content (AvgIpc) is 2.28. The lowest BCUT2D eigenvalue weighted by molar-refractivity contribution is -0.119. The van der Waals surface area contributed by atoms with Crippen molar-refractivity contribution in [1.29, 1.82) is 0 Å². The minimum absolute atomic E-state index is 0.0304. The van der Waals surface area contributed by atoms with Gasteiger partial charge in [-0.25, -0.2) is 4.39 Å². The van der Waals surface area contributed by atoms with Crippen molar-refractivity contribution in [3.8, 4) is 0 Å². The molecule has 0 aromatic heterocycles. The molecule has 4 nitrogen and oxygen atoms in total. The van der Waals surface area contributed by atoms with Gasteiger partial charge in [0.25, 0.3) is 0 Å². The third-order valence-corrected chi connectivity index (χ3v) is 2.39. The molecule has 0 aliphatic carbocycles. The Morgan fingerprint density at radius 3 is 2.71 bits per heavy atom. The van der Waals surface area contributed by atoms with E-state index in [0.717, 1.165) is 5.56 Å². The van der Waals surface area contributed by atoms with E-state index in [0.29, 0.717) is 0 Å². The van der Waals surface area contributed by atoms with Gasteiger partial charge in [0, 0.05) is 19.0 Å². The van der Waals surface area contributed by atoms with Crippen LogP contribution in [0.4, 0.5) is 4.39 Å². The van der Waals surface area contributed by atoms with E-state index in [1.807, 2.05) is 0 Å². The molecule has 2 atom stereocenters. The number of nitrogens with one attached hydrogen (secondary N) is 1. The second-order valence-electron chi connectivity index (χ2n) is 3.97. The van der Waals surface area contributed by atoms with Gasteiger partial charge in [-0.2, -0.15) is 0 Å². The van der Waals surface area contributed by atoms with Crippen molar-refractivity contribution in [3.63, 3.8) is 0 Å². The number of aryl methyl sites for hydroxylation is 1. The zero-order chi connectivity index (χ0) is 13.0. The van der Waals surface area contributed by atoms with Crippen molar-refractivity contribution >= 4 is 5.91 Å². The van der Waals surface area contributed by atoms with Gasteiger partial charge in [0.2, 0.25) is 5.91 Å². The number of aliphatic hydroxyl groups excluding tert-OH is 2. The van der Waals surface area contributed by atoms with E-state index in [2.05, 4.69) is 5.32 Å². The van der Waals surface area contributed by atoms with Crippen LogP contribution in [0.2, 0.25) is 0 Å². The molecule has 0 radical (unpaired) electrons. The summed E-state index contributed by atoms with van der Waals surface area (Å²) in [4.78, 5) is 10.7. The predicted octanol–water partition coefficient (Wildman–Crippen LogP) is 0.665. The van der Waals surface area contributed by atoms with Crippen LogP contribution in [0.25, 0.3) is 0 Å². The highest BCUT2D eigenvalue weighted by Gasteiger charge is 2.21. The molecule has 0 aliphatic heterocycles. The first-order valence-electron chi connectivity index (χ1n) is 5.28. The van der Waals surface area contributed by atoms with Crippen molar-refractivity contribution in [1.82, 2.24) is 5.32 Å². The van der Waals surface area contributed by atoms with Gasteiger partial charge >= 0.3 is 0 Å². The van der Waals surface area contributed by atoms with Crippen LogP contribution >= 0.6 is 0 Å². The van der Waals surface area contributed by atoms with E-state index >= 15 is 0 Å². The van der Waals surface area contributed by atoms with Gasteiger partial charge in [-0.1, -0.05) is 17.7 Å². The number of amides is 1. The highest BCUT2D eigenvalue weighted by atomic mass is 19.1. The Bertz CT molecular complexity index is 409. The van der Waals surface area contributed by atoms with E-state index < -0.39 is 18.0 Å². The summed E-state index contributed by atoms with van der Waals surface area (Å²) >= 11 is 0. The molecular formula is C12H16FNO3. The van der Waals surface area contributed by atoms with Crippen LogP contribution in [0.15, 0.2) is 18.2 Å². The Balaban J connectivity index is 2.77. The first-order valence-corrected chi connectivity index (χ1v) is 5.28. The Morgan fingerprint density at radius 1 is 1.47 bits per heavy atom. The first kappa shape index (κ1) is 13.6. The third kappa shape index (κ3) is 3.80. The molecule has 1 aromatic carbocycles. The second kappa shape index (κ2) is 5.75. The molecule has 1 rings (SSSR count). The van der Waals surface area contributed by atoms with Crippen LogP contribution in [-0.2, 0) is 4.79 Å². The van der Waals surface area contributed by atoms with Crippen LogP contribution in [0, 0.1) is 12.7 Å². The summed E-state index contributed by atoms with van der Waals surface area (Å²) in [5.41, 5.74) is 0.815. The highest BCUT2D eigenvalue weighted by molar-refractivity contribution is 5.72. The zero-order valence-electron chi connectivity index (χ0n) is 9.77. The molecule has 94 valence electrons. The minimum atomic E-state index is -1.36. The predicted molar refractivity (Wildman–Crippen MR) is 60.8 cm³/mol. The maximum absolute atomic E-state index is 13.4. The Hall–Kier alpha value is -1.46. The summed E-state index contributed by atoms with van der Waals surface area (Å²) < 4.78 is 13.4. The van der Waals surface area contributed by atoms with E-state index in [1.165, 1.54) is 19.1 Å².